The summed E-state index contributed by atoms with van der Waals surface area (Å²) in [5.74, 6) is 0.863. The topological polar surface area (TPSA) is 29.9 Å². The third-order valence-electron chi connectivity index (χ3n) is 2.65. The summed E-state index contributed by atoms with van der Waals surface area (Å²) in [6, 6.07) is 0. The van der Waals surface area contributed by atoms with Crippen molar-refractivity contribution in [1.29, 1.82) is 0 Å². The molecule has 0 saturated heterocycles. The van der Waals surface area contributed by atoms with Gasteiger partial charge in [0.1, 0.15) is 0 Å². The maximum atomic E-state index is 5.57. The van der Waals surface area contributed by atoms with E-state index < -0.39 is 0 Å². The maximum Gasteiger partial charge on any atom is 0.177 e. The first kappa shape index (κ1) is 10.9. The molecule has 2 rings (SSSR count). The minimum absolute atomic E-state index is 0.815. The number of nitrogens with zero attached hydrogens (tertiary/aromatic N) is 1. The van der Waals surface area contributed by atoms with Gasteiger partial charge in [-0.05, 0) is 44.3 Å². The average Bonchev–Trinajstić information content (AvgIpc) is 2.94. The Labute approximate surface area is 95.5 Å². The number of hydrogen-bond acceptors (Lipinski definition) is 2. The fourth-order valence-corrected chi connectivity index (χ4v) is 1.91. The van der Waals surface area contributed by atoms with Gasteiger partial charge in [0.25, 0.3) is 0 Å². The van der Waals surface area contributed by atoms with E-state index in [4.69, 9.17) is 17.0 Å². The summed E-state index contributed by atoms with van der Waals surface area (Å²) in [7, 11) is 0. The predicted molar refractivity (Wildman–Crippen MR) is 62.5 cm³/mol. The van der Waals surface area contributed by atoms with Gasteiger partial charge in [-0.15, -0.1) is 0 Å². The molecule has 1 heterocycles. The first-order valence-electron chi connectivity index (χ1n) is 5.59. The fraction of sp³-hybridized carbons (Fsp3) is 0.727. The highest BCUT2D eigenvalue weighted by atomic mass is 32.1. The van der Waals surface area contributed by atoms with Crippen molar-refractivity contribution in [3.63, 3.8) is 0 Å². The lowest BCUT2D eigenvalue weighted by Crippen LogP contribution is -2.03. The number of rotatable bonds is 6. The maximum absolute atomic E-state index is 5.57. The first-order chi connectivity index (χ1) is 7.25. The minimum Gasteiger partial charge on any atom is -0.381 e. The summed E-state index contributed by atoms with van der Waals surface area (Å²) in [6.45, 7) is 4.78. The molecule has 0 unspecified atom stereocenters. The number of ether oxygens (including phenoxy) is 1. The highest BCUT2D eigenvalue weighted by Crippen LogP contribution is 2.28. The Hall–Kier alpha value is -0.610. The lowest BCUT2D eigenvalue weighted by Gasteiger charge is -2.03. The molecule has 1 aromatic heterocycles. The second-order valence-corrected chi connectivity index (χ2v) is 4.69. The molecule has 1 saturated carbocycles. The molecule has 0 amide bonds. The molecule has 0 aromatic carbocycles. The summed E-state index contributed by atoms with van der Waals surface area (Å²) >= 11 is 5.17. The Morgan fingerprint density at radius 2 is 2.40 bits per heavy atom. The third kappa shape index (κ3) is 3.47. The van der Waals surface area contributed by atoms with Crippen molar-refractivity contribution in [2.45, 2.75) is 32.7 Å². The number of aromatic amines is 1. The lowest BCUT2D eigenvalue weighted by atomic mass is 10.4. The molecular weight excluding hydrogens is 208 g/mol. The normalized spacial score (nSPS) is 15.8. The van der Waals surface area contributed by atoms with E-state index >= 15 is 0 Å². The molecule has 15 heavy (non-hydrogen) atoms. The summed E-state index contributed by atoms with van der Waals surface area (Å²) in [6.07, 6.45) is 5.83. The van der Waals surface area contributed by atoms with Crippen LogP contribution in [0.1, 0.15) is 25.0 Å². The summed E-state index contributed by atoms with van der Waals surface area (Å²) in [5, 5.41) is 0. The molecular formula is C11H18N2OS. The zero-order chi connectivity index (χ0) is 10.7. The average molecular weight is 226 g/mol. The SMILES string of the molecule is Cc1cn(CCCOCC2CC2)c(=S)[nH]1. The number of nitrogens with one attached hydrogen (secondary N) is 1. The van der Waals surface area contributed by atoms with Crippen LogP contribution in [0.15, 0.2) is 6.20 Å². The van der Waals surface area contributed by atoms with Crippen LogP contribution in [0.4, 0.5) is 0 Å². The van der Waals surface area contributed by atoms with Gasteiger partial charge in [0.05, 0.1) is 0 Å². The monoisotopic (exact) mass is 226 g/mol. The molecule has 0 spiro atoms. The predicted octanol–water partition coefficient (Wildman–Crippen LogP) is 2.67. The van der Waals surface area contributed by atoms with Crippen LogP contribution in [0.5, 0.6) is 0 Å². The Balaban J connectivity index is 1.64. The number of imidazole rings is 1. The van der Waals surface area contributed by atoms with E-state index in [0.717, 1.165) is 42.6 Å². The van der Waals surface area contributed by atoms with E-state index in [1.807, 2.05) is 6.92 Å². The van der Waals surface area contributed by atoms with Gasteiger partial charge in [-0.3, -0.25) is 0 Å². The van der Waals surface area contributed by atoms with Crippen molar-refractivity contribution in [3.05, 3.63) is 16.7 Å². The second kappa shape index (κ2) is 4.94. The second-order valence-electron chi connectivity index (χ2n) is 4.31. The quantitative estimate of drug-likeness (QED) is 0.597. The van der Waals surface area contributed by atoms with Gasteiger partial charge in [0, 0.05) is 31.6 Å². The van der Waals surface area contributed by atoms with Gasteiger partial charge < -0.3 is 14.3 Å². The third-order valence-corrected chi connectivity index (χ3v) is 2.99. The molecule has 0 atom stereocenters. The number of aromatic nitrogens is 2. The smallest absolute Gasteiger partial charge is 0.177 e. The van der Waals surface area contributed by atoms with Crippen LogP contribution in [0.25, 0.3) is 0 Å². The molecule has 0 radical (unpaired) electrons. The lowest BCUT2D eigenvalue weighted by molar-refractivity contribution is 0.119. The molecule has 0 bridgehead atoms. The van der Waals surface area contributed by atoms with Crippen LogP contribution in [-0.2, 0) is 11.3 Å². The number of hydrogen-bond donors (Lipinski definition) is 1. The van der Waals surface area contributed by atoms with Crippen molar-refractivity contribution in [2.75, 3.05) is 13.2 Å². The van der Waals surface area contributed by atoms with Gasteiger partial charge in [0.15, 0.2) is 4.77 Å². The van der Waals surface area contributed by atoms with Gasteiger partial charge in [-0.25, -0.2) is 0 Å². The number of H-pyrrole nitrogens is 1. The van der Waals surface area contributed by atoms with Crippen molar-refractivity contribution in [3.8, 4) is 0 Å². The number of aryl methyl sites for hydroxylation is 2. The van der Waals surface area contributed by atoms with Crippen molar-refractivity contribution in [2.24, 2.45) is 5.92 Å². The highest BCUT2D eigenvalue weighted by molar-refractivity contribution is 7.71. The molecule has 1 N–H and O–H groups in total. The van der Waals surface area contributed by atoms with E-state index in [0.29, 0.717) is 0 Å². The van der Waals surface area contributed by atoms with Gasteiger partial charge in [0.2, 0.25) is 0 Å². The summed E-state index contributed by atoms with van der Waals surface area (Å²) < 4.78 is 8.46. The van der Waals surface area contributed by atoms with Crippen molar-refractivity contribution < 1.29 is 4.74 Å². The molecule has 1 aliphatic carbocycles. The highest BCUT2D eigenvalue weighted by Gasteiger charge is 2.20. The van der Waals surface area contributed by atoms with Crippen LogP contribution in [0, 0.1) is 17.6 Å². The Bertz CT molecular complexity index is 365. The van der Waals surface area contributed by atoms with Gasteiger partial charge in [-0.1, -0.05) is 0 Å². The zero-order valence-electron chi connectivity index (χ0n) is 9.16. The molecule has 1 aliphatic rings. The summed E-state index contributed by atoms with van der Waals surface area (Å²) in [4.78, 5) is 3.11. The minimum atomic E-state index is 0.815. The van der Waals surface area contributed by atoms with Crippen LogP contribution >= 0.6 is 12.2 Å². The van der Waals surface area contributed by atoms with Crippen molar-refractivity contribution in [1.82, 2.24) is 9.55 Å². The Morgan fingerprint density at radius 3 is 3.00 bits per heavy atom. The first-order valence-corrected chi connectivity index (χ1v) is 6.00. The Kier molecular flexibility index (Phi) is 3.59. The van der Waals surface area contributed by atoms with Crippen LogP contribution in [0.3, 0.4) is 0 Å². The van der Waals surface area contributed by atoms with Crippen LogP contribution < -0.4 is 0 Å². The van der Waals surface area contributed by atoms with E-state index in [-0.39, 0.29) is 0 Å². The van der Waals surface area contributed by atoms with Gasteiger partial charge in [-0.2, -0.15) is 0 Å². The van der Waals surface area contributed by atoms with E-state index in [2.05, 4.69) is 15.7 Å². The molecule has 1 fully saturated rings. The van der Waals surface area contributed by atoms with E-state index in [1.54, 1.807) is 0 Å². The van der Waals surface area contributed by atoms with Crippen molar-refractivity contribution >= 4 is 12.2 Å². The molecule has 0 aliphatic heterocycles. The van der Waals surface area contributed by atoms with E-state index in [1.165, 1.54) is 12.8 Å². The molecule has 3 nitrogen and oxygen atoms in total. The molecule has 1 aromatic rings. The Morgan fingerprint density at radius 1 is 1.60 bits per heavy atom. The van der Waals surface area contributed by atoms with E-state index in [9.17, 15) is 0 Å². The molecule has 84 valence electrons. The van der Waals surface area contributed by atoms with Crippen LogP contribution in [0.2, 0.25) is 0 Å². The van der Waals surface area contributed by atoms with Gasteiger partial charge >= 0.3 is 0 Å². The zero-order valence-corrected chi connectivity index (χ0v) is 9.98. The summed E-state index contributed by atoms with van der Waals surface area (Å²) in [5.41, 5.74) is 1.12. The standard InChI is InChI=1S/C11H18N2OS/c1-9-7-13(11(15)12-9)5-2-6-14-8-10-3-4-10/h7,10H,2-6,8H2,1H3,(H,12,15). The largest absolute Gasteiger partial charge is 0.381 e. The fourth-order valence-electron chi connectivity index (χ4n) is 1.60. The molecule has 4 heteroatoms. The van der Waals surface area contributed by atoms with Crippen LogP contribution in [-0.4, -0.2) is 22.8 Å².